The molecule has 1 aliphatic carbocycles. The average Bonchev–Trinajstić information content (AvgIpc) is 3.14. The monoisotopic (exact) mass is 313 g/mol. The Balaban J connectivity index is 1.34. The first-order valence-corrected chi connectivity index (χ1v) is 9.15. The zero-order valence-corrected chi connectivity index (χ0v) is 14.0. The van der Waals surface area contributed by atoms with E-state index in [1.54, 1.807) is 0 Å². The fourth-order valence-electron chi connectivity index (χ4n) is 4.67. The molecule has 0 bridgehead atoms. The topological polar surface area (TPSA) is 36.4 Å². The van der Waals surface area contributed by atoms with Crippen molar-refractivity contribution in [3.05, 3.63) is 24.4 Å². The summed E-state index contributed by atoms with van der Waals surface area (Å²) in [6.07, 6.45) is 6.52. The minimum Gasteiger partial charge on any atom is -0.356 e. The predicted molar refractivity (Wildman–Crippen MR) is 91.1 cm³/mol. The molecule has 0 N–H and O–H groups in total. The second-order valence-corrected chi connectivity index (χ2v) is 7.81. The lowest BCUT2D eigenvalue weighted by Crippen LogP contribution is -2.38. The summed E-state index contributed by atoms with van der Waals surface area (Å²) < 4.78 is 0. The molecule has 2 aliphatic heterocycles. The summed E-state index contributed by atoms with van der Waals surface area (Å²) in [5.74, 6) is 3.89. The van der Waals surface area contributed by atoms with Crippen molar-refractivity contribution in [1.29, 1.82) is 0 Å². The van der Waals surface area contributed by atoms with Crippen LogP contribution in [0, 0.1) is 23.7 Å². The molecule has 0 radical (unpaired) electrons. The van der Waals surface area contributed by atoms with Gasteiger partial charge in [-0.2, -0.15) is 0 Å². The maximum Gasteiger partial charge on any atom is 0.225 e. The van der Waals surface area contributed by atoms with E-state index in [0.717, 1.165) is 50.8 Å². The molecule has 0 spiro atoms. The smallest absolute Gasteiger partial charge is 0.225 e. The Morgan fingerprint density at radius 3 is 2.35 bits per heavy atom. The molecule has 124 valence electrons. The van der Waals surface area contributed by atoms with Crippen molar-refractivity contribution < 1.29 is 4.79 Å². The first kappa shape index (κ1) is 15.0. The quantitative estimate of drug-likeness (QED) is 0.842. The molecule has 3 aliphatic rings. The second kappa shape index (κ2) is 6.14. The lowest BCUT2D eigenvalue weighted by Gasteiger charge is -2.30. The van der Waals surface area contributed by atoms with Gasteiger partial charge in [-0.25, -0.2) is 4.98 Å². The molecule has 2 atom stereocenters. The summed E-state index contributed by atoms with van der Waals surface area (Å²) in [5.41, 5.74) is 0. The van der Waals surface area contributed by atoms with Crippen LogP contribution in [-0.4, -0.2) is 42.0 Å². The Labute approximate surface area is 138 Å². The number of hydrogen-bond donors (Lipinski definition) is 0. The van der Waals surface area contributed by atoms with Gasteiger partial charge in [-0.3, -0.25) is 4.79 Å². The van der Waals surface area contributed by atoms with Crippen LogP contribution >= 0.6 is 0 Å². The van der Waals surface area contributed by atoms with Gasteiger partial charge in [-0.15, -0.1) is 0 Å². The number of aromatic nitrogens is 1. The van der Waals surface area contributed by atoms with E-state index in [2.05, 4.69) is 33.8 Å². The van der Waals surface area contributed by atoms with Crippen molar-refractivity contribution in [1.82, 2.24) is 9.88 Å². The molecule has 4 nitrogen and oxygen atoms in total. The molecule has 0 aromatic carbocycles. The van der Waals surface area contributed by atoms with Gasteiger partial charge in [0.25, 0.3) is 0 Å². The molecule has 1 aromatic rings. The molecule has 2 saturated heterocycles. The van der Waals surface area contributed by atoms with Crippen LogP contribution in [0.5, 0.6) is 0 Å². The summed E-state index contributed by atoms with van der Waals surface area (Å²) in [4.78, 5) is 21.8. The SMILES string of the molecule is CC1CCC(C(=O)N2C[C@@H]3CN(c4ccccn4)C[C@@H]3C2)CC1. The van der Waals surface area contributed by atoms with E-state index in [-0.39, 0.29) is 0 Å². The van der Waals surface area contributed by atoms with Gasteiger partial charge in [-0.1, -0.05) is 13.0 Å². The van der Waals surface area contributed by atoms with Crippen LogP contribution in [0.25, 0.3) is 0 Å². The molecule has 1 aromatic heterocycles. The van der Waals surface area contributed by atoms with Crippen LogP contribution in [0.3, 0.4) is 0 Å². The van der Waals surface area contributed by atoms with Crippen LogP contribution in [0.15, 0.2) is 24.4 Å². The van der Waals surface area contributed by atoms with Gasteiger partial charge in [0, 0.05) is 50.1 Å². The van der Waals surface area contributed by atoms with Crippen molar-refractivity contribution >= 4 is 11.7 Å². The van der Waals surface area contributed by atoms with E-state index in [0.29, 0.717) is 23.7 Å². The van der Waals surface area contributed by atoms with E-state index in [4.69, 9.17) is 0 Å². The van der Waals surface area contributed by atoms with Crippen molar-refractivity contribution in [3.63, 3.8) is 0 Å². The Morgan fingerprint density at radius 1 is 1.04 bits per heavy atom. The standard InChI is InChI=1S/C19H27N3O/c1-14-5-7-15(8-6-14)19(23)22-12-16-10-21(11-17(16)13-22)18-4-2-3-9-20-18/h2-4,9,14-17H,5-8,10-13H2,1H3/t14?,15?,16-,17+. The van der Waals surface area contributed by atoms with Gasteiger partial charge < -0.3 is 9.80 Å². The highest BCUT2D eigenvalue weighted by molar-refractivity contribution is 5.79. The number of pyridine rings is 1. The maximum atomic E-state index is 12.8. The molecular weight excluding hydrogens is 286 g/mol. The minimum atomic E-state index is 0.303. The van der Waals surface area contributed by atoms with Gasteiger partial charge in [-0.05, 0) is 43.7 Å². The van der Waals surface area contributed by atoms with Gasteiger partial charge in [0.1, 0.15) is 5.82 Å². The van der Waals surface area contributed by atoms with Crippen LogP contribution in [0.1, 0.15) is 32.6 Å². The normalized spacial score (nSPS) is 33.8. The van der Waals surface area contributed by atoms with Gasteiger partial charge >= 0.3 is 0 Å². The largest absolute Gasteiger partial charge is 0.356 e. The van der Waals surface area contributed by atoms with E-state index >= 15 is 0 Å². The van der Waals surface area contributed by atoms with Crippen molar-refractivity contribution in [2.24, 2.45) is 23.7 Å². The molecule has 23 heavy (non-hydrogen) atoms. The van der Waals surface area contributed by atoms with Crippen molar-refractivity contribution in [2.45, 2.75) is 32.6 Å². The van der Waals surface area contributed by atoms with E-state index in [9.17, 15) is 4.79 Å². The number of carbonyl (C=O) groups is 1. The second-order valence-electron chi connectivity index (χ2n) is 7.81. The number of fused-ring (bicyclic) bond motifs is 1. The number of anilines is 1. The van der Waals surface area contributed by atoms with Crippen molar-refractivity contribution in [2.75, 3.05) is 31.1 Å². The van der Waals surface area contributed by atoms with E-state index in [1.807, 2.05) is 12.3 Å². The van der Waals surface area contributed by atoms with Crippen LogP contribution in [0.4, 0.5) is 5.82 Å². The van der Waals surface area contributed by atoms with Crippen molar-refractivity contribution in [3.8, 4) is 0 Å². The predicted octanol–water partition coefficient (Wildman–Crippen LogP) is 2.80. The maximum absolute atomic E-state index is 12.8. The third-order valence-electron chi connectivity index (χ3n) is 6.14. The van der Waals surface area contributed by atoms with Gasteiger partial charge in [0.05, 0.1) is 0 Å². The Morgan fingerprint density at radius 2 is 1.74 bits per heavy atom. The highest BCUT2D eigenvalue weighted by Crippen LogP contribution is 2.36. The summed E-state index contributed by atoms with van der Waals surface area (Å²) >= 11 is 0. The van der Waals surface area contributed by atoms with E-state index < -0.39 is 0 Å². The minimum absolute atomic E-state index is 0.303. The number of nitrogens with zero attached hydrogens (tertiary/aromatic N) is 3. The van der Waals surface area contributed by atoms with Crippen LogP contribution in [0.2, 0.25) is 0 Å². The number of carbonyl (C=O) groups excluding carboxylic acids is 1. The fraction of sp³-hybridized carbons (Fsp3) is 0.684. The van der Waals surface area contributed by atoms with Gasteiger partial charge in [0.15, 0.2) is 0 Å². The van der Waals surface area contributed by atoms with Gasteiger partial charge in [0.2, 0.25) is 5.91 Å². The first-order chi connectivity index (χ1) is 11.2. The van der Waals surface area contributed by atoms with E-state index in [1.165, 1.54) is 12.8 Å². The zero-order chi connectivity index (χ0) is 15.8. The first-order valence-electron chi connectivity index (χ1n) is 9.15. The molecular formula is C19H27N3O. The molecule has 3 heterocycles. The van der Waals surface area contributed by atoms with Crippen LogP contribution < -0.4 is 4.90 Å². The Bertz CT molecular complexity index is 539. The average molecular weight is 313 g/mol. The summed E-state index contributed by atoms with van der Waals surface area (Å²) in [6.45, 7) is 6.32. The lowest BCUT2D eigenvalue weighted by atomic mass is 9.82. The molecule has 4 rings (SSSR count). The molecule has 0 unspecified atom stereocenters. The zero-order valence-electron chi connectivity index (χ0n) is 14.0. The molecule has 1 amide bonds. The number of hydrogen-bond acceptors (Lipinski definition) is 3. The summed E-state index contributed by atoms with van der Waals surface area (Å²) in [6, 6.07) is 6.11. The van der Waals surface area contributed by atoms with Crippen LogP contribution in [-0.2, 0) is 4.79 Å². The summed E-state index contributed by atoms with van der Waals surface area (Å²) in [5, 5.41) is 0. The third-order valence-corrected chi connectivity index (χ3v) is 6.14. The highest BCUT2D eigenvalue weighted by Gasteiger charge is 2.43. The molecule has 4 heteroatoms. The highest BCUT2D eigenvalue weighted by atomic mass is 16.2. The number of likely N-dealkylation sites (tertiary alicyclic amines) is 1. The number of amides is 1. The molecule has 3 fully saturated rings. The summed E-state index contributed by atoms with van der Waals surface area (Å²) in [7, 11) is 0. The Kier molecular flexibility index (Phi) is 4.00. The lowest BCUT2D eigenvalue weighted by molar-refractivity contribution is -0.136. The molecule has 1 saturated carbocycles. The fourth-order valence-corrected chi connectivity index (χ4v) is 4.67. The third kappa shape index (κ3) is 2.96. The number of rotatable bonds is 2. The Hall–Kier alpha value is -1.58.